The molecule has 0 spiro atoms. The zero-order valence-electron chi connectivity index (χ0n) is 11.0. The van der Waals surface area contributed by atoms with Crippen molar-refractivity contribution in [2.75, 3.05) is 11.9 Å². The molecule has 112 valence electrons. The Morgan fingerprint density at radius 2 is 1.76 bits per heavy atom. The van der Waals surface area contributed by atoms with E-state index in [0.717, 1.165) is 11.6 Å². The Hall–Kier alpha value is -1.53. The van der Waals surface area contributed by atoms with Gasteiger partial charge in [0.1, 0.15) is 0 Å². The summed E-state index contributed by atoms with van der Waals surface area (Å²) in [4.78, 5) is 0. The maximum atomic E-state index is 12.9. The smallest absolute Gasteiger partial charge is 0.383 e. The van der Waals surface area contributed by atoms with Crippen LogP contribution in [-0.2, 0) is 6.18 Å². The van der Waals surface area contributed by atoms with Crippen LogP contribution in [0.25, 0.3) is 0 Å². The van der Waals surface area contributed by atoms with E-state index in [1.54, 1.807) is 0 Å². The van der Waals surface area contributed by atoms with Gasteiger partial charge < -0.3 is 11.1 Å². The molecule has 0 saturated carbocycles. The summed E-state index contributed by atoms with van der Waals surface area (Å²) in [6.45, 7) is 0.212. The Kier molecular flexibility index (Phi) is 4.90. The van der Waals surface area contributed by atoms with Gasteiger partial charge in [0.25, 0.3) is 0 Å². The lowest BCUT2D eigenvalue weighted by atomic mass is 10.1. The second-order valence-corrected chi connectivity index (χ2v) is 5.50. The van der Waals surface area contributed by atoms with Crippen molar-refractivity contribution in [3.63, 3.8) is 0 Å². The van der Waals surface area contributed by atoms with Crippen molar-refractivity contribution >= 4 is 21.6 Å². The van der Waals surface area contributed by atoms with E-state index in [2.05, 4.69) is 21.2 Å². The molecule has 0 saturated heterocycles. The molecule has 0 aliphatic carbocycles. The first kappa shape index (κ1) is 15.9. The third-order valence-electron chi connectivity index (χ3n) is 3.03. The fraction of sp³-hybridized carbons (Fsp3) is 0.200. The molecule has 0 bridgehead atoms. The van der Waals surface area contributed by atoms with Crippen LogP contribution in [0.5, 0.6) is 0 Å². The molecule has 2 nitrogen and oxygen atoms in total. The molecule has 1 unspecified atom stereocenters. The van der Waals surface area contributed by atoms with E-state index in [1.165, 1.54) is 12.1 Å². The van der Waals surface area contributed by atoms with E-state index >= 15 is 0 Å². The molecule has 0 aromatic heterocycles. The largest absolute Gasteiger partial charge is 0.418 e. The highest BCUT2D eigenvalue weighted by atomic mass is 79.9. The van der Waals surface area contributed by atoms with Crippen molar-refractivity contribution in [3.05, 3.63) is 64.1 Å². The van der Waals surface area contributed by atoms with Crippen LogP contribution < -0.4 is 11.1 Å². The van der Waals surface area contributed by atoms with Gasteiger partial charge >= 0.3 is 6.18 Å². The van der Waals surface area contributed by atoms with E-state index < -0.39 is 11.7 Å². The van der Waals surface area contributed by atoms with Gasteiger partial charge in [-0.1, -0.05) is 46.3 Å². The van der Waals surface area contributed by atoms with Crippen molar-refractivity contribution in [2.24, 2.45) is 5.73 Å². The lowest BCUT2D eigenvalue weighted by molar-refractivity contribution is -0.137. The number of hydrogen-bond acceptors (Lipinski definition) is 2. The van der Waals surface area contributed by atoms with Gasteiger partial charge in [0.05, 0.1) is 5.56 Å². The normalized spacial score (nSPS) is 13.0. The first-order valence-electron chi connectivity index (χ1n) is 6.29. The first-order valence-corrected chi connectivity index (χ1v) is 7.08. The van der Waals surface area contributed by atoms with Gasteiger partial charge in [0.2, 0.25) is 0 Å². The molecule has 0 heterocycles. The van der Waals surface area contributed by atoms with Crippen LogP contribution in [0.2, 0.25) is 0 Å². The minimum Gasteiger partial charge on any atom is -0.383 e. The molecule has 21 heavy (non-hydrogen) atoms. The fourth-order valence-corrected chi connectivity index (χ4v) is 2.31. The zero-order valence-corrected chi connectivity index (χ0v) is 12.6. The molecule has 2 rings (SSSR count). The summed E-state index contributed by atoms with van der Waals surface area (Å²) in [5.41, 5.74) is 6.17. The maximum Gasteiger partial charge on any atom is 0.418 e. The average molecular weight is 359 g/mol. The first-order chi connectivity index (χ1) is 9.88. The van der Waals surface area contributed by atoms with Crippen LogP contribution in [0.4, 0.5) is 18.9 Å². The van der Waals surface area contributed by atoms with E-state index in [0.29, 0.717) is 4.47 Å². The highest BCUT2D eigenvalue weighted by Gasteiger charge is 2.33. The van der Waals surface area contributed by atoms with Crippen LogP contribution in [0.15, 0.2) is 53.0 Å². The van der Waals surface area contributed by atoms with Crippen LogP contribution in [0, 0.1) is 0 Å². The zero-order chi connectivity index (χ0) is 15.5. The number of alkyl halides is 3. The average Bonchev–Trinajstić information content (AvgIpc) is 2.44. The van der Waals surface area contributed by atoms with E-state index in [1.807, 2.05) is 30.3 Å². The molecule has 0 amide bonds. The molecule has 0 fully saturated rings. The third kappa shape index (κ3) is 4.22. The molecule has 1 atom stereocenters. The number of anilines is 1. The molecule has 0 radical (unpaired) electrons. The van der Waals surface area contributed by atoms with Crippen LogP contribution >= 0.6 is 15.9 Å². The summed E-state index contributed by atoms with van der Waals surface area (Å²) >= 11 is 3.18. The molecule has 0 aliphatic rings. The topological polar surface area (TPSA) is 38.0 Å². The number of rotatable bonds is 4. The summed E-state index contributed by atoms with van der Waals surface area (Å²) in [7, 11) is 0. The summed E-state index contributed by atoms with van der Waals surface area (Å²) in [5.74, 6) is 0. The molecule has 6 heteroatoms. The standard InChI is InChI=1S/C15H14BrF3N2/c16-11-6-7-12(15(17,18)19)14(8-11)21-9-13(20)10-4-2-1-3-5-10/h1-8,13,21H,9,20H2. The van der Waals surface area contributed by atoms with Gasteiger partial charge in [-0.2, -0.15) is 13.2 Å². The Balaban J connectivity index is 2.15. The van der Waals surface area contributed by atoms with Crippen molar-refractivity contribution in [1.29, 1.82) is 0 Å². The predicted octanol–water partition coefficient (Wildman–Crippen LogP) is 4.58. The molecular weight excluding hydrogens is 345 g/mol. The lowest BCUT2D eigenvalue weighted by Gasteiger charge is -2.18. The fourth-order valence-electron chi connectivity index (χ4n) is 1.95. The van der Waals surface area contributed by atoms with Crippen LogP contribution in [0.1, 0.15) is 17.2 Å². The SMILES string of the molecule is NC(CNc1cc(Br)ccc1C(F)(F)F)c1ccccc1. The quantitative estimate of drug-likeness (QED) is 0.839. The van der Waals surface area contributed by atoms with Gasteiger partial charge in [0, 0.05) is 22.7 Å². The number of nitrogens with two attached hydrogens (primary N) is 1. The monoisotopic (exact) mass is 358 g/mol. The van der Waals surface area contributed by atoms with Crippen LogP contribution in [-0.4, -0.2) is 6.54 Å². The summed E-state index contributed by atoms with van der Waals surface area (Å²) < 4.78 is 39.4. The highest BCUT2D eigenvalue weighted by molar-refractivity contribution is 9.10. The van der Waals surface area contributed by atoms with Gasteiger partial charge in [0.15, 0.2) is 0 Å². The van der Waals surface area contributed by atoms with Gasteiger partial charge in [-0.25, -0.2) is 0 Å². The highest BCUT2D eigenvalue weighted by Crippen LogP contribution is 2.36. The Morgan fingerprint density at radius 1 is 1.10 bits per heavy atom. The Labute approximate surface area is 129 Å². The van der Waals surface area contributed by atoms with E-state index in [-0.39, 0.29) is 18.3 Å². The predicted molar refractivity (Wildman–Crippen MR) is 81.0 cm³/mol. The minimum absolute atomic E-state index is 0.0169. The lowest BCUT2D eigenvalue weighted by Crippen LogP contribution is -2.22. The number of hydrogen-bond donors (Lipinski definition) is 2. The Morgan fingerprint density at radius 3 is 2.38 bits per heavy atom. The molecule has 3 N–H and O–H groups in total. The number of benzene rings is 2. The van der Waals surface area contributed by atoms with Gasteiger partial charge in [-0.05, 0) is 23.8 Å². The van der Waals surface area contributed by atoms with E-state index in [4.69, 9.17) is 5.73 Å². The van der Waals surface area contributed by atoms with Gasteiger partial charge in [-0.3, -0.25) is 0 Å². The summed E-state index contributed by atoms with van der Waals surface area (Å²) in [6, 6.07) is 12.7. The molecule has 0 aliphatic heterocycles. The van der Waals surface area contributed by atoms with Crippen molar-refractivity contribution in [3.8, 4) is 0 Å². The van der Waals surface area contributed by atoms with Crippen molar-refractivity contribution in [2.45, 2.75) is 12.2 Å². The van der Waals surface area contributed by atoms with Crippen molar-refractivity contribution < 1.29 is 13.2 Å². The molecule has 2 aromatic rings. The number of halogens is 4. The second kappa shape index (κ2) is 6.49. The third-order valence-corrected chi connectivity index (χ3v) is 3.52. The molecule has 2 aromatic carbocycles. The summed E-state index contributed by atoms with van der Waals surface area (Å²) in [5, 5.41) is 2.78. The van der Waals surface area contributed by atoms with Crippen molar-refractivity contribution in [1.82, 2.24) is 0 Å². The minimum atomic E-state index is -4.40. The maximum absolute atomic E-state index is 12.9. The second-order valence-electron chi connectivity index (χ2n) is 4.59. The number of nitrogens with one attached hydrogen (secondary N) is 1. The molecular formula is C15H14BrF3N2. The van der Waals surface area contributed by atoms with Crippen LogP contribution in [0.3, 0.4) is 0 Å². The van der Waals surface area contributed by atoms with E-state index in [9.17, 15) is 13.2 Å². The Bertz CT molecular complexity index is 600. The summed E-state index contributed by atoms with van der Waals surface area (Å²) in [6.07, 6.45) is -4.40. The van der Waals surface area contributed by atoms with Gasteiger partial charge in [-0.15, -0.1) is 0 Å².